The summed E-state index contributed by atoms with van der Waals surface area (Å²) in [6.07, 6.45) is 1.92. The molecule has 0 amide bonds. The molecule has 2 nitrogen and oxygen atoms in total. The third-order valence-electron chi connectivity index (χ3n) is 2.26. The number of hydrogen-bond acceptors (Lipinski definition) is 2. The lowest BCUT2D eigenvalue weighted by Crippen LogP contribution is -2.18. The van der Waals surface area contributed by atoms with Crippen LogP contribution in [0.15, 0.2) is 18.3 Å². The first-order valence-electron chi connectivity index (χ1n) is 5.22. The second kappa shape index (κ2) is 4.84. The first-order valence-corrected chi connectivity index (χ1v) is 5.76. The van der Waals surface area contributed by atoms with Crippen molar-refractivity contribution in [1.82, 2.24) is 4.98 Å². The van der Waals surface area contributed by atoms with Crippen molar-refractivity contribution in [3.05, 3.63) is 23.9 Å². The zero-order chi connectivity index (χ0) is 11.5. The van der Waals surface area contributed by atoms with Gasteiger partial charge in [-0.05, 0) is 24.0 Å². The van der Waals surface area contributed by atoms with Crippen molar-refractivity contribution >= 4 is 17.4 Å². The highest BCUT2D eigenvalue weighted by Gasteiger charge is 2.13. The van der Waals surface area contributed by atoms with Crippen LogP contribution < -0.4 is 5.32 Å². The van der Waals surface area contributed by atoms with E-state index in [0.29, 0.717) is 5.88 Å². The van der Waals surface area contributed by atoms with Crippen molar-refractivity contribution in [3.63, 3.8) is 0 Å². The van der Waals surface area contributed by atoms with Gasteiger partial charge in [0.25, 0.3) is 0 Å². The van der Waals surface area contributed by atoms with Crippen LogP contribution in [0.25, 0.3) is 0 Å². The van der Waals surface area contributed by atoms with E-state index in [1.165, 1.54) is 5.56 Å². The topological polar surface area (TPSA) is 24.9 Å². The van der Waals surface area contributed by atoms with Gasteiger partial charge in [0.05, 0.1) is 0 Å². The fraction of sp³-hybridized carbons (Fsp3) is 0.583. The second-order valence-corrected chi connectivity index (χ2v) is 5.19. The number of rotatable bonds is 3. The van der Waals surface area contributed by atoms with E-state index in [1.54, 1.807) is 0 Å². The molecule has 3 heteroatoms. The summed E-state index contributed by atoms with van der Waals surface area (Å²) in [6, 6.07) is 4.36. The smallest absolute Gasteiger partial charge is 0.126 e. The molecule has 0 aliphatic rings. The molecule has 0 fully saturated rings. The molecule has 1 aromatic heterocycles. The lowest BCUT2D eigenvalue weighted by atomic mass is 9.88. The number of pyridine rings is 1. The van der Waals surface area contributed by atoms with Crippen LogP contribution in [0.3, 0.4) is 0 Å². The van der Waals surface area contributed by atoms with Crippen LogP contribution >= 0.6 is 11.6 Å². The van der Waals surface area contributed by atoms with Gasteiger partial charge in [0.2, 0.25) is 0 Å². The molecule has 0 bridgehead atoms. The molecule has 1 N–H and O–H groups in total. The highest BCUT2D eigenvalue weighted by Crippen LogP contribution is 2.21. The molecule has 1 unspecified atom stereocenters. The van der Waals surface area contributed by atoms with Gasteiger partial charge >= 0.3 is 0 Å². The van der Waals surface area contributed by atoms with Crippen molar-refractivity contribution in [3.8, 4) is 0 Å². The number of nitrogens with one attached hydrogen (secondary N) is 1. The summed E-state index contributed by atoms with van der Waals surface area (Å²) >= 11 is 5.72. The van der Waals surface area contributed by atoms with Crippen molar-refractivity contribution < 1.29 is 0 Å². The van der Waals surface area contributed by atoms with Gasteiger partial charge in [0, 0.05) is 18.1 Å². The Bertz CT molecular complexity index is 300. The summed E-state index contributed by atoms with van der Waals surface area (Å²) < 4.78 is 0. The zero-order valence-corrected chi connectivity index (χ0v) is 10.6. The number of hydrogen-bond donors (Lipinski definition) is 1. The standard InChI is InChI=1S/C12H19ClN2/c1-9(7-13)15-11-6-5-10(8-14-11)12(2,3)4/h5-6,8-9H,7H2,1-4H3,(H,14,15). The van der Waals surface area contributed by atoms with Gasteiger partial charge in [-0.1, -0.05) is 26.8 Å². The van der Waals surface area contributed by atoms with E-state index in [2.05, 4.69) is 37.1 Å². The van der Waals surface area contributed by atoms with Crippen molar-refractivity contribution in [2.24, 2.45) is 0 Å². The maximum absolute atomic E-state index is 5.72. The molecule has 0 aliphatic heterocycles. The van der Waals surface area contributed by atoms with Crippen LogP contribution in [0.4, 0.5) is 5.82 Å². The maximum Gasteiger partial charge on any atom is 0.126 e. The Morgan fingerprint density at radius 2 is 2.07 bits per heavy atom. The minimum absolute atomic E-state index is 0.156. The van der Waals surface area contributed by atoms with Crippen molar-refractivity contribution in [2.45, 2.75) is 39.2 Å². The van der Waals surface area contributed by atoms with Crippen molar-refractivity contribution in [1.29, 1.82) is 0 Å². The lowest BCUT2D eigenvalue weighted by molar-refractivity contribution is 0.587. The van der Waals surface area contributed by atoms with Crippen LogP contribution in [-0.2, 0) is 5.41 Å². The third kappa shape index (κ3) is 3.71. The van der Waals surface area contributed by atoms with E-state index >= 15 is 0 Å². The van der Waals surface area contributed by atoms with Crippen LogP contribution in [0.5, 0.6) is 0 Å². The van der Waals surface area contributed by atoms with E-state index in [0.717, 1.165) is 5.82 Å². The van der Waals surface area contributed by atoms with E-state index in [9.17, 15) is 0 Å². The Morgan fingerprint density at radius 3 is 2.47 bits per heavy atom. The first-order chi connectivity index (χ1) is 6.93. The maximum atomic E-state index is 5.72. The predicted molar refractivity (Wildman–Crippen MR) is 66.7 cm³/mol. The summed E-state index contributed by atoms with van der Waals surface area (Å²) in [6.45, 7) is 8.57. The summed E-state index contributed by atoms with van der Waals surface area (Å²) in [5.74, 6) is 1.47. The molecule has 0 spiro atoms. The first kappa shape index (κ1) is 12.3. The normalized spacial score (nSPS) is 13.7. The molecule has 0 saturated carbocycles. The summed E-state index contributed by atoms with van der Waals surface area (Å²) in [4.78, 5) is 4.36. The largest absolute Gasteiger partial charge is 0.366 e. The fourth-order valence-electron chi connectivity index (χ4n) is 1.21. The van der Waals surface area contributed by atoms with Gasteiger partial charge in [-0.3, -0.25) is 0 Å². The molecule has 1 heterocycles. The lowest BCUT2D eigenvalue weighted by Gasteiger charge is -2.19. The number of anilines is 1. The minimum Gasteiger partial charge on any atom is -0.366 e. The van der Waals surface area contributed by atoms with Crippen molar-refractivity contribution in [2.75, 3.05) is 11.2 Å². The van der Waals surface area contributed by atoms with Crippen LogP contribution in [0, 0.1) is 0 Å². The van der Waals surface area contributed by atoms with Gasteiger partial charge in [0.15, 0.2) is 0 Å². The van der Waals surface area contributed by atoms with Gasteiger partial charge < -0.3 is 5.32 Å². The fourth-order valence-corrected chi connectivity index (χ4v) is 1.29. The highest BCUT2D eigenvalue weighted by molar-refractivity contribution is 6.18. The second-order valence-electron chi connectivity index (χ2n) is 4.88. The molecule has 1 atom stereocenters. The molecule has 0 aromatic carbocycles. The number of nitrogens with zero attached hydrogens (tertiary/aromatic N) is 1. The zero-order valence-electron chi connectivity index (χ0n) is 9.84. The Kier molecular flexibility index (Phi) is 3.97. The SMILES string of the molecule is CC(CCl)Nc1ccc(C(C)(C)C)cn1. The summed E-state index contributed by atoms with van der Waals surface area (Å²) in [5, 5.41) is 3.23. The molecule has 84 valence electrons. The Hall–Kier alpha value is -0.760. The number of alkyl halides is 1. The summed E-state index contributed by atoms with van der Waals surface area (Å²) in [5.41, 5.74) is 1.40. The Balaban J connectivity index is 2.73. The van der Waals surface area contributed by atoms with E-state index in [1.807, 2.05) is 19.2 Å². The predicted octanol–water partition coefficient (Wildman–Crippen LogP) is 3.42. The molecule has 15 heavy (non-hydrogen) atoms. The molecule has 0 aliphatic carbocycles. The average molecular weight is 227 g/mol. The highest BCUT2D eigenvalue weighted by atomic mass is 35.5. The van der Waals surface area contributed by atoms with E-state index in [4.69, 9.17) is 11.6 Å². The number of aromatic nitrogens is 1. The molecule has 0 radical (unpaired) electrons. The minimum atomic E-state index is 0.156. The van der Waals surface area contributed by atoms with Crippen LogP contribution in [-0.4, -0.2) is 16.9 Å². The monoisotopic (exact) mass is 226 g/mol. The number of halogens is 1. The van der Waals surface area contributed by atoms with Gasteiger partial charge in [-0.25, -0.2) is 4.98 Å². The van der Waals surface area contributed by atoms with Gasteiger partial charge in [-0.15, -0.1) is 11.6 Å². The molecular formula is C12H19ClN2. The van der Waals surface area contributed by atoms with Crippen LogP contribution in [0.2, 0.25) is 0 Å². The van der Waals surface area contributed by atoms with E-state index in [-0.39, 0.29) is 11.5 Å². The molecule has 1 rings (SSSR count). The van der Waals surface area contributed by atoms with Gasteiger partial charge in [-0.2, -0.15) is 0 Å². The molecular weight excluding hydrogens is 208 g/mol. The Morgan fingerprint density at radius 1 is 1.40 bits per heavy atom. The van der Waals surface area contributed by atoms with Gasteiger partial charge in [0.1, 0.15) is 5.82 Å². The van der Waals surface area contributed by atoms with Crippen LogP contribution in [0.1, 0.15) is 33.3 Å². The summed E-state index contributed by atoms with van der Waals surface area (Å²) in [7, 11) is 0. The third-order valence-corrected chi connectivity index (χ3v) is 2.72. The Labute approximate surface area is 97.1 Å². The molecule has 0 saturated heterocycles. The molecule has 1 aromatic rings. The van der Waals surface area contributed by atoms with E-state index < -0.39 is 0 Å². The quantitative estimate of drug-likeness (QED) is 0.799. The average Bonchev–Trinajstić information content (AvgIpc) is 2.17.